The first kappa shape index (κ1) is 21.8. The molecule has 158 valence electrons. The van der Waals surface area contributed by atoms with Crippen molar-refractivity contribution in [2.45, 2.75) is 19.8 Å². The van der Waals surface area contributed by atoms with Gasteiger partial charge in [-0.1, -0.05) is 62.0 Å². The molecule has 0 aliphatic rings. The Bertz CT molecular complexity index is 1020. The van der Waals surface area contributed by atoms with Crippen LogP contribution in [-0.2, 0) is 4.79 Å². The van der Waals surface area contributed by atoms with Crippen molar-refractivity contribution < 1.29 is 4.79 Å². The first-order valence-electron chi connectivity index (χ1n) is 10.4. The molecule has 0 atom stereocenters. The molecule has 3 rings (SSSR count). The molecular weight excluding hydrogens is 384 g/mol. The molecule has 2 N–H and O–H groups in total. The van der Waals surface area contributed by atoms with Crippen molar-refractivity contribution in [1.82, 2.24) is 5.01 Å². The lowest BCUT2D eigenvalue weighted by Crippen LogP contribution is -2.20. The third kappa shape index (κ3) is 6.57. The van der Waals surface area contributed by atoms with Crippen LogP contribution in [0.2, 0.25) is 0 Å². The number of hydrazone groups is 1. The van der Waals surface area contributed by atoms with Crippen molar-refractivity contribution in [3.05, 3.63) is 91.6 Å². The van der Waals surface area contributed by atoms with Gasteiger partial charge in [0.15, 0.2) is 0 Å². The van der Waals surface area contributed by atoms with Crippen LogP contribution >= 0.6 is 0 Å². The van der Waals surface area contributed by atoms with Crippen LogP contribution in [0.4, 0.5) is 17.1 Å². The highest BCUT2D eigenvalue weighted by Gasteiger charge is 2.11. The van der Waals surface area contributed by atoms with Gasteiger partial charge in [-0.25, -0.2) is 0 Å². The second kappa shape index (κ2) is 11.4. The summed E-state index contributed by atoms with van der Waals surface area (Å²) in [5.41, 5.74) is 4.73. The molecule has 31 heavy (non-hydrogen) atoms. The van der Waals surface area contributed by atoms with E-state index in [0.717, 1.165) is 34.6 Å². The summed E-state index contributed by atoms with van der Waals surface area (Å²) in [5, 5.41) is 12.4. The number of rotatable bonds is 10. The van der Waals surface area contributed by atoms with Crippen molar-refractivity contribution in [1.29, 1.82) is 0 Å². The predicted molar refractivity (Wildman–Crippen MR) is 131 cm³/mol. The molecule has 0 unspecified atom stereocenters. The lowest BCUT2D eigenvalue weighted by molar-refractivity contribution is -0.116. The maximum Gasteiger partial charge on any atom is 0.226 e. The SMILES string of the molecule is C=CN(CCC(=O)Nc1ccc(Nc2ccccc2)cc1-c1ccccc1)/N=C\CC. The van der Waals surface area contributed by atoms with Crippen LogP contribution in [0.15, 0.2) is 96.7 Å². The quantitative estimate of drug-likeness (QED) is 0.305. The summed E-state index contributed by atoms with van der Waals surface area (Å²) < 4.78 is 0. The molecule has 5 nitrogen and oxygen atoms in total. The van der Waals surface area contributed by atoms with Crippen LogP contribution in [0.25, 0.3) is 11.1 Å². The molecule has 0 spiro atoms. The van der Waals surface area contributed by atoms with Crippen LogP contribution in [0.3, 0.4) is 0 Å². The smallest absolute Gasteiger partial charge is 0.226 e. The van der Waals surface area contributed by atoms with Gasteiger partial charge in [0, 0.05) is 48.0 Å². The average molecular weight is 413 g/mol. The van der Waals surface area contributed by atoms with Gasteiger partial charge in [-0.15, -0.1) is 0 Å². The normalized spacial score (nSPS) is 10.6. The van der Waals surface area contributed by atoms with Gasteiger partial charge in [0.1, 0.15) is 0 Å². The van der Waals surface area contributed by atoms with Crippen molar-refractivity contribution in [2.24, 2.45) is 5.10 Å². The third-order valence-electron chi connectivity index (χ3n) is 4.63. The van der Waals surface area contributed by atoms with E-state index in [0.29, 0.717) is 13.0 Å². The number of amides is 1. The fraction of sp³-hybridized carbons (Fsp3) is 0.154. The highest BCUT2D eigenvalue weighted by molar-refractivity contribution is 5.96. The van der Waals surface area contributed by atoms with E-state index in [-0.39, 0.29) is 5.91 Å². The molecule has 0 fully saturated rings. The molecule has 1 amide bonds. The van der Waals surface area contributed by atoms with Gasteiger partial charge >= 0.3 is 0 Å². The minimum absolute atomic E-state index is 0.0699. The van der Waals surface area contributed by atoms with E-state index < -0.39 is 0 Å². The summed E-state index contributed by atoms with van der Waals surface area (Å²) in [6, 6.07) is 26.0. The Kier molecular flexibility index (Phi) is 8.00. The van der Waals surface area contributed by atoms with Crippen molar-refractivity contribution in [3.8, 4) is 11.1 Å². The van der Waals surface area contributed by atoms with E-state index >= 15 is 0 Å². The number of para-hydroxylation sites is 1. The zero-order valence-corrected chi connectivity index (χ0v) is 17.8. The summed E-state index contributed by atoms with van der Waals surface area (Å²) in [6.45, 7) is 6.23. The van der Waals surface area contributed by atoms with E-state index in [2.05, 4.69) is 28.4 Å². The Balaban J connectivity index is 1.78. The standard InChI is InChI=1S/C26H28N4O/c1-3-18-27-30(4-2)19-17-26(31)29-25-16-15-23(28-22-13-9-6-10-14-22)20-24(25)21-11-7-5-8-12-21/h4-16,18,20,28H,2-3,17,19H2,1H3,(H,29,31)/b27-18-. The molecule has 0 radical (unpaired) electrons. The maximum atomic E-state index is 12.6. The van der Waals surface area contributed by atoms with Crippen molar-refractivity contribution in [2.75, 3.05) is 17.2 Å². The van der Waals surface area contributed by atoms with Crippen LogP contribution < -0.4 is 10.6 Å². The molecule has 0 saturated heterocycles. The van der Waals surface area contributed by atoms with Crippen LogP contribution in [0.5, 0.6) is 0 Å². The van der Waals surface area contributed by atoms with Crippen molar-refractivity contribution >= 4 is 29.2 Å². The van der Waals surface area contributed by atoms with Gasteiger partial charge in [-0.3, -0.25) is 9.80 Å². The van der Waals surface area contributed by atoms with Crippen LogP contribution in [0, 0.1) is 0 Å². The molecular formula is C26H28N4O. The summed E-state index contributed by atoms with van der Waals surface area (Å²) >= 11 is 0. The molecule has 0 bridgehead atoms. The number of nitrogens with zero attached hydrogens (tertiary/aromatic N) is 2. The second-order valence-electron chi connectivity index (χ2n) is 6.97. The largest absolute Gasteiger partial charge is 0.356 e. The molecule has 5 heteroatoms. The molecule has 3 aromatic carbocycles. The summed E-state index contributed by atoms with van der Waals surface area (Å²) in [4.78, 5) is 12.6. The summed E-state index contributed by atoms with van der Waals surface area (Å²) in [7, 11) is 0. The lowest BCUT2D eigenvalue weighted by atomic mass is 10.0. The number of anilines is 3. The first-order chi connectivity index (χ1) is 15.2. The van der Waals surface area contributed by atoms with E-state index in [4.69, 9.17) is 0 Å². The zero-order valence-electron chi connectivity index (χ0n) is 17.8. The third-order valence-corrected chi connectivity index (χ3v) is 4.63. The number of carbonyl (C=O) groups excluding carboxylic acids is 1. The Morgan fingerprint density at radius 1 is 1.00 bits per heavy atom. The molecule has 0 saturated carbocycles. The van der Waals surface area contributed by atoms with E-state index in [9.17, 15) is 4.79 Å². The molecule has 0 heterocycles. The number of nitrogens with one attached hydrogen (secondary N) is 2. The fourth-order valence-corrected chi connectivity index (χ4v) is 3.09. The van der Waals surface area contributed by atoms with E-state index in [1.54, 1.807) is 17.4 Å². The van der Waals surface area contributed by atoms with Gasteiger partial charge in [-0.05, 0) is 42.3 Å². The highest BCUT2D eigenvalue weighted by Crippen LogP contribution is 2.32. The van der Waals surface area contributed by atoms with Gasteiger partial charge in [-0.2, -0.15) is 5.10 Å². The minimum Gasteiger partial charge on any atom is -0.356 e. The van der Waals surface area contributed by atoms with Crippen molar-refractivity contribution in [3.63, 3.8) is 0 Å². The van der Waals surface area contributed by atoms with Gasteiger partial charge in [0.2, 0.25) is 5.91 Å². The number of carbonyl (C=O) groups is 1. The number of hydrogen-bond donors (Lipinski definition) is 2. The van der Waals surface area contributed by atoms with Gasteiger partial charge < -0.3 is 10.6 Å². The second-order valence-corrected chi connectivity index (χ2v) is 6.97. The molecule has 3 aromatic rings. The molecule has 0 aromatic heterocycles. The lowest BCUT2D eigenvalue weighted by Gasteiger charge is -2.16. The maximum absolute atomic E-state index is 12.6. The number of hydrogen-bond acceptors (Lipinski definition) is 4. The zero-order chi connectivity index (χ0) is 21.9. The Labute approximate surface area is 184 Å². The summed E-state index contributed by atoms with van der Waals surface area (Å²) in [6.07, 6.45) is 4.57. The van der Waals surface area contributed by atoms with Gasteiger partial charge in [0.25, 0.3) is 0 Å². The topological polar surface area (TPSA) is 56.7 Å². The Morgan fingerprint density at radius 3 is 2.39 bits per heavy atom. The first-order valence-corrected chi connectivity index (χ1v) is 10.4. The fourth-order valence-electron chi connectivity index (χ4n) is 3.09. The molecule has 0 aliphatic heterocycles. The number of benzene rings is 3. The monoisotopic (exact) mass is 412 g/mol. The van der Waals surface area contributed by atoms with Gasteiger partial charge in [0.05, 0.1) is 0 Å². The Hall–Kier alpha value is -3.86. The average Bonchev–Trinajstić information content (AvgIpc) is 2.81. The highest BCUT2D eigenvalue weighted by atomic mass is 16.1. The molecule has 0 aliphatic carbocycles. The predicted octanol–water partition coefficient (Wildman–Crippen LogP) is 6.27. The van der Waals surface area contributed by atoms with Crippen LogP contribution in [-0.4, -0.2) is 23.7 Å². The minimum atomic E-state index is -0.0699. The summed E-state index contributed by atoms with van der Waals surface area (Å²) in [5.74, 6) is -0.0699. The Morgan fingerprint density at radius 2 is 1.71 bits per heavy atom. The van der Waals surface area contributed by atoms with E-state index in [1.807, 2.05) is 79.7 Å². The van der Waals surface area contributed by atoms with E-state index in [1.165, 1.54) is 0 Å². The van der Waals surface area contributed by atoms with Crippen LogP contribution in [0.1, 0.15) is 19.8 Å².